The van der Waals surface area contributed by atoms with Gasteiger partial charge in [0.25, 0.3) is 0 Å². The van der Waals surface area contributed by atoms with Gasteiger partial charge in [-0.15, -0.1) is 10.2 Å². The highest BCUT2D eigenvalue weighted by Crippen LogP contribution is 2.35. The van der Waals surface area contributed by atoms with Crippen LogP contribution in [0.3, 0.4) is 0 Å². The molecule has 3 aromatic rings. The average molecular weight is 461 g/mol. The molecule has 0 saturated heterocycles. The molecule has 0 atom stereocenters. The number of aromatic nitrogens is 1. The standard InChI is InChI=1S/C23H20N6O3S/c1-3-32-23(31)19(15(2)30)21-25-20(18(14-24)28-26-16-10-6-4-7-11-16)22(33-21)29-27-17-12-8-5-9-13-17/h4-13,26,30H,3H2,1-2H3/b19-15-,28-18+,29-27?. The van der Waals surface area contributed by atoms with E-state index in [9.17, 15) is 15.2 Å². The number of anilines is 1. The van der Waals surface area contributed by atoms with E-state index < -0.39 is 5.97 Å². The summed E-state index contributed by atoms with van der Waals surface area (Å²) in [5.74, 6) is -1.000. The molecule has 2 N–H and O–H groups in total. The number of rotatable bonds is 8. The van der Waals surface area contributed by atoms with Gasteiger partial charge in [-0.05, 0) is 38.1 Å². The van der Waals surface area contributed by atoms with E-state index in [0.29, 0.717) is 11.4 Å². The summed E-state index contributed by atoms with van der Waals surface area (Å²) >= 11 is 0.985. The lowest BCUT2D eigenvalue weighted by molar-refractivity contribution is -0.136. The van der Waals surface area contributed by atoms with E-state index in [1.807, 2.05) is 42.5 Å². The van der Waals surface area contributed by atoms with E-state index >= 15 is 0 Å². The molecule has 3 rings (SSSR count). The highest BCUT2D eigenvalue weighted by atomic mass is 32.1. The molecule has 0 unspecified atom stereocenters. The van der Waals surface area contributed by atoms with Gasteiger partial charge in [-0.25, -0.2) is 9.78 Å². The molecule has 1 heterocycles. The van der Waals surface area contributed by atoms with Gasteiger partial charge in [-0.2, -0.15) is 10.4 Å². The van der Waals surface area contributed by atoms with Crippen LogP contribution in [0.25, 0.3) is 5.57 Å². The quantitative estimate of drug-likeness (QED) is 0.110. The van der Waals surface area contributed by atoms with Gasteiger partial charge < -0.3 is 9.84 Å². The first kappa shape index (κ1) is 23.3. The zero-order chi connectivity index (χ0) is 23.6. The van der Waals surface area contributed by atoms with Gasteiger partial charge in [-0.3, -0.25) is 5.43 Å². The number of allylic oxidation sites excluding steroid dienone is 1. The lowest BCUT2D eigenvalue weighted by atomic mass is 10.2. The fourth-order valence-corrected chi connectivity index (χ4v) is 3.57. The highest BCUT2D eigenvalue weighted by Gasteiger charge is 2.25. The third-order valence-corrected chi connectivity index (χ3v) is 5.03. The number of aliphatic hydroxyl groups is 1. The Morgan fingerprint density at radius 2 is 1.82 bits per heavy atom. The van der Waals surface area contributed by atoms with Crippen LogP contribution in [0.1, 0.15) is 24.5 Å². The molecule has 166 valence electrons. The Hall–Kier alpha value is -4.36. The van der Waals surface area contributed by atoms with Gasteiger partial charge in [0, 0.05) is 0 Å². The lowest BCUT2D eigenvalue weighted by Crippen LogP contribution is -2.09. The Kier molecular flexibility index (Phi) is 7.99. The van der Waals surface area contributed by atoms with Crippen molar-refractivity contribution < 1.29 is 14.6 Å². The molecule has 9 nitrogen and oxygen atoms in total. The Balaban J connectivity index is 2.07. The number of nitrogens with zero attached hydrogens (tertiary/aromatic N) is 5. The lowest BCUT2D eigenvalue weighted by Gasteiger charge is -2.04. The zero-order valence-electron chi connectivity index (χ0n) is 17.9. The number of ether oxygens (including phenoxy) is 1. The Bertz CT molecular complexity index is 1240. The number of benzene rings is 2. The van der Waals surface area contributed by atoms with Crippen LogP contribution in [-0.4, -0.2) is 28.4 Å². The summed E-state index contributed by atoms with van der Waals surface area (Å²) in [5, 5.41) is 32.8. The number of thiazole rings is 1. The molecule has 0 bridgehead atoms. The second kappa shape index (κ2) is 11.3. The number of hydrazone groups is 1. The smallest absolute Gasteiger partial charge is 0.344 e. The van der Waals surface area contributed by atoms with Gasteiger partial charge in [-0.1, -0.05) is 47.7 Å². The van der Waals surface area contributed by atoms with E-state index in [2.05, 4.69) is 25.7 Å². The summed E-state index contributed by atoms with van der Waals surface area (Å²) in [4.78, 5) is 16.8. The van der Waals surface area contributed by atoms with Crippen LogP contribution in [0.15, 0.2) is 81.8 Å². The topological polar surface area (TPSA) is 132 Å². The van der Waals surface area contributed by atoms with Crippen LogP contribution in [0.4, 0.5) is 16.4 Å². The Morgan fingerprint density at radius 3 is 2.42 bits per heavy atom. The predicted octanol–water partition coefficient (Wildman–Crippen LogP) is 5.75. The van der Waals surface area contributed by atoms with Gasteiger partial charge >= 0.3 is 5.97 Å². The molecule has 2 aromatic carbocycles. The van der Waals surface area contributed by atoms with Crippen LogP contribution in [0, 0.1) is 11.3 Å². The van der Waals surface area contributed by atoms with Crippen LogP contribution < -0.4 is 5.43 Å². The van der Waals surface area contributed by atoms with Crippen molar-refractivity contribution in [3.8, 4) is 6.07 Å². The van der Waals surface area contributed by atoms with E-state index in [0.717, 1.165) is 11.3 Å². The van der Waals surface area contributed by atoms with Crippen LogP contribution in [-0.2, 0) is 9.53 Å². The van der Waals surface area contributed by atoms with Crippen molar-refractivity contribution in [3.05, 3.63) is 77.1 Å². The van der Waals surface area contributed by atoms with Crippen LogP contribution in [0.5, 0.6) is 0 Å². The fraction of sp³-hybridized carbons (Fsp3) is 0.130. The second-order valence-corrected chi connectivity index (χ2v) is 7.42. The van der Waals surface area contributed by atoms with Crippen molar-refractivity contribution in [2.24, 2.45) is 15.3 Å². The first-order valence-corrected chi connectivity index (χ1v) is 10.7. The molecule has 33 heavy (non-hydrogen) atoms. The number of nitriles is 1. The number of nitrogens with one attached hydrogen (secondary N) is 1. The minimum absolute atomic E-state index is 0.0674. The third-order valence-electron chi connectivity index (χ3n) is 4.08. The summed E-state index contributed by atoms with van der Waals surface area (Å²) < 4.78 is 5.04. The molecular weight excluding hydrogens is 440 g/mol. The molecule has 0 radical (unpaired) electrons. The van der Waals surface area contributed by atoms with Crippen molar-refractivity contribution in [3.63, 3.8) is 0 Å². The molecule has 0 spiro atoms. The van der Waals surface area contributed by atoms with E-state index in [4.69, 9.17) is 4.74 Å². The summed E-state index contributed by atoms with van der Waals surface area (Å²) in [6.07, 6.45) is 0. The Morgan fingerprint density at radius 1 is 1.15 bits per heavy atom. The monoisotopic (exact) mass is 460 g/mol. The van der Waals surface area contributed by atoms with Crippen molar-refractivity contribution in [1.29, 1.82) is 5.26 Å². The van der Waals surface area contributed by atoms with Crippen molar-refractivity contribution in [1.82, 2.24) is 4.98 Å². The molecule has 0 fully saturated rings. The largest absolute Gasteiger partial charge is 0.512 e. The molecule has 1 aromatic heterocycles. The van der Waals surface area contributed by atoms with E-state index in [-0.39, 0.29) is 39.4 Å². The molecular formula is C23H20N6O3S. The van der Waals surface area contributed by atoms with Crippen LogP contribution >= 0.6 is 11.3 Å². The molecule has 10 heteroatoms. The molecule has 0 aliphatic rings. The molecule has 0 aliphatic heterocycles. The summed E-state index contributed by atoms with van der Waals surface area (Å²) in [6.45, 7) is 3.14. The number of carbonyl (C=O) groups is 1. The van der Waals surface area contributed by atoms with Gasteiger partial charge in [0.1, 0.15) is 28.1 Å². The summed E-state index contributed by atoms with van der Waals surface area (Å²) in [6, 6.07) is 20.1. The van der Waals surface area contributed by atoms with Gasteiger partial charge in [0.05, 0.1) is 18.0 Å². The van der Waals surface area contributed by atoms with E-state index in [1.165, 1.54) is 6.92 Å². The molecule has 0 aliphatic carbocycles. The number of hydrogen-bond donors (Lipinski definition) is 2. The number of aliphatic hydroxyl groups excluding tert-OH is 1. The second-order valence-electron chi connectivity index (χ2n) is 6.44. The molecule has 0 saturated carbocycles. The number of carbonyl (C=O) groups excluding carboxylic acids is 1. The van der Waals surface area contributed by atoms with Crippen LogP contribution in [0.2, 0.25) is 0 Å². The number of esters is 1. The van der Waals surface area contributed by atoms with E-state index in [1.54, 1.807) is 31.2 Å². The number of azo groups is 1. The maximum absolute atomic E-state index is 12.4. The maximum Gasteiger partial charge on any atom is 0.344 e. The Labute approximate surface area is 194 Å². The molecule has 0 amide bonds. The number of hydrogen-bond acceptors (Lipinski definition) is 10. The minimum Gasteiger partial charge on any atom is -0.512 e. The number of para-hydroxylation sites is 1. The maximum atomic E-state index is 12.4. The van der Waals surface area contributed by atoms with Gasteiger partial charge in [0.2, 0.25) is 0 Å². The SMILES string of the molecule is CCOC(=O)/C(=C(/C)O)c1nc(/C(C#N)=N/Nc2ccccc2)c(N=Nc2ccccc2)s1. The minimum atomic E-state index is -0.734. The normalized spacial score (nSPS) is 12.2. The zero-order valence-corrected chi connectivity index (χ0v) is 18.7. The summed E-state index contributed by atoms with van der Waals surface area (Å²) in [7, 11) is 0. The van der Waals surface area contributed by atoms with Crippen molar-refractivity contribution >= 4 is 45.0 Å². The predicted molar refractivity (Wildman–Crippen MR) is 127 cm³/mol. The summed E-state index contributed by atoms with van der Waals surface area (Å²) in [5.41, 5.74) is 4.00. The highest BCUT2D eigenvalue weighted by molar-refractivity contribution is 7.17. The van der Waals surface area contributed by atoms with Crippen molar-refractivity contribution in [2.75, 3.05) is 12.0 Å². The first-order valence-electron chi connectivity index (χ1n) is 9.87. The van der Waals surface area contributed by atoms with Crippen molar-refractivity contribution in [2.45, 2.75) is 13.8 Å². The average Bonchev–Trinajstić information content (AvgIpc) is 3.23. The van der Waals surface area contributed by atoms with Gasteiger partial charge in [0.15, 0.2) is 10.7 Å². The first-order chi connectivity index (χ1) is 16.0. The fourth-order valence-electron chi connectivity index (χ4n) is 2.60. The third kappa shape index (κ3) is 6.09.